The fourth-order valence-corrected chi connectivity index (χ4v) is 4.33. The zero-order chi connectivity index (χ0) is 23.1. The third-order valence-electron chi connectivity index (χ3n) is 4.91. The van der Waals surface area contributed by atoms with E-state index in [4.69, 9.17) is 4.74 Å². The number of alkyl halides is 3. The van der Waals surface area contributed by atoms with Gasteiger partial charge in [0.15, 0.2) is 0 Å². The molecule has 166 valence electrons. The molecule has 0 saturated carbocycles. The van der Waals surface area contributed by atoms with Crippen LogP contribution in [0.25, 0.3) is 16.9 Å². The van der Waals surface area contributed by atoms with Crippen molar-refractivity contribution in [2.75, 3.05) is 11.8 Å². The SMILES string of the molecule is COc1ccc(-c2cn3cccc(C)c3n2)cc1NS(=O)(=O)c1ccc(C(F)(F)F)cc1. The monoisotopic (exact) mass is 461 g/mol. The highest BCUT2D eigenvalue weighted by Crippen LogP contribution is 2.33. The molecule has 2 aromatic heterocycles. The van der Waals surface area contributed by atoms with Crippen LogP contribution in [-0.4, -0.2) is 24.9 Å². The van der Waals surface area contributed by atoms with E-state index < -0.39 is 21.8 Å². The first-order valence-corrected chi connectivity index (χ1v) is 10.9. The van der Waals surface area contributed by atoms with Crippen molar-refractivity contribution < 1.29 is 26.3 Å². The molecule has 0 aliphatic carbocycles. The number of sulfonamides is 1. The number of aryl methyl sites for hydroxylation is 1. The van der Waals surface area contributed by atoms with E-state index in [0.29, 0.717) is 11.3 Å². The number of methoxy groups -OCH3 is 1. The largest absolute Gasteiger partial charge is 0.495 e. The number of halogens is 3. The van der Waals surface area contributed by atoms with Gasteiger partial charge >= 0.3 is 6.18 Å². The summed E-state index contributed by atoms with van der Waals surface area (Å²) in [5.74, 6) is 0.254. The molecule has 0 amide bonds. The van der Waals surface area contributed by atoms with Crippen molar-refractivity contribution in [2.24, 2.45) is 0 Å². The van der Waals surface area contributed by atoms with Crippen molar-refractivity contribution in [1.82, 2.24) is 9.38 Å². The molecule has 4 aromatic rings. The summed E-state index contributed by atoms with van der Waals surface area (Å²) in [5.41, 5.74) is 2.22. The Kier molecular flexibility index (Phi) is 5.33. The number of hydrogen-bond donors (Lipinski definition) is 1. The smallest absolute Gasteiger partial charge is 0.416 e. The number of imidazole rings is 1. The van der Waals surface area contributed by atoms with Gasteiger partial charge in [-0.2, -0.15) is 13.2 Å². The molecule has 32 heavy (non-hydrogen) atoms. The molecule has 10 heteroatoms. The maximum Gasteiger partial charge on any atom is 0.416 e. The van der Waals surface area contributed by atoms with Crippen LogP contribution in [0.3, 0.4) is 0 Å². The predicted molar refractivity (Wildman–Crippen MR) is 114 cm³/mol. The van der Waals surface area contributed by atoms with Crippen LogP contribution >= 0.6 is 0 Å². The Morgan fingerprint density at radius 2 is 1.78 bits per heavy atom. The van der Waals surface area contributed by atoms with Gasteiger partial charge in [0.05, 0.1) is 29.0 Å². The van der Waals surface area contributed by atoms with Crippen molar-refractivity contribution in [3.63, 3.8) is 0 Å². The predicted octanol–water partition coefficient (Wildman–Crippen LogP) is 5.14. The van der Waals surface area contributed by atoms with Crippen LogP contribution in [0.15, 0.2) is 71.9 Å². The van der Waals surface area contributed by atoms with Gasteiger partial charge in [0.1, 0.15) is 11.4 Å². The molecule has 2 heterocycles. The Morgan fingerprint density at radius 1 is 1.06 bits per heavy atom. The average Bonchev–Trinajstić information content (AvgIpc) is 3.19. The number of ether oxygens (including phenoxy) is 1. The number of benzene rings is 2. The summed E-state index contributed by atoms with van der Waals surface area (Å²) in [5, 5.41) is 0. The molecule has 0 aliphatic rings. The van der Waals surface area contributed by atoms with Gasteiger partial charge in [-0.3, -0.25) is 4.72 Å². The second-order valence-electron chi connectivity index (χ2n) is 7.09. The minimum absolute atomic E-state index is 0.138. The van der Waals surface area contributed by atoms with Crippen molar-refractivity contribution in [2.45, 2.75) is 18.0 Å². The number of pyridine rings is 1. The van der Waals surface area contributed by atoms with E-state index in [2.05, 4.69) is 9.71 Å². The summed E-state index contributed by atoms with van der Waals surface area (Å²) in [7, 11) is -2.77. The molecule has 1 N–H and O–H groups in total. The van der Waals surface area contributed by atoms with Gasteiger partial charge < -0.3 is 9.14 Å². The third kappa shape index (κ3) is 4.13. The van der Waals surface area contributed by atoms with E-state index >= 15 is 0 Å². The minimum atomic E-state index is -4.56. The molecule has 2 aromatic carbocycles. The molecule has 0 fully saturated rings. The van der Waals surface area contributed by atoms with Crippen LogP contribution in [-0.2, 0) is 16.2 Å². The number of aromatic nitrogens is 2. The number of hydrogen-bond acceptors (Lipinski definition) is 4. The van der Waals surface area contributed by atoms with Gasteiger partial charge in [-0.1, -0.05) is 6.07 Å². The number of anilines is 1. The Labute approximate surface area is 182 Å². The summed E-state index contributed by atoms with van der Waals surface area (Å²) in [6.45, 7) is 1.93. The lowest BCUT2D eigenvalue weighted by molar-refractivity contribution is -0.137. The summed E-state index contributed by atoms with van der Waals surface area (Å²) >= 11 is 0. The van der Waals surface area contributed by atoms with Crippen LogP contribution in [0.1, 0.15) is 11.1 Å². The molecular formula is C22H18F3N3O3S. The van der Waals surface area contributed by atoms with Crippen molar-refractivity contribution in [3.05, 3.63) is 78.1 Å². The fraction of sp³-hybridized carbons (Fsp3) is 0.136. The first-order chi connectivity index (χ1) is 15.1. The molecule has 0 saturated heterocycles. The topological polar surface area (TPSA) is 72.7 Å². The van der Waals surface area contributed by atoms with E-state index in [-0.39, 0.29) is 16.3 Å². The van der Waals surface area contributed by atoms with Crippen molar-refractivity contribution in [1.29, 1.82) is 0 Å². The van der Waals surface area contributed by atoms with E-state index in [1.165, 1.54) is 7.11 Å². The first kappa shape index (κ1) is 21.7. The number of fused-ring (bicyclic) bond motifs is 1. The first-order valence-electron chi connectivity index (χ1n) is 9.41. The third-order valence-corrected chi connectivity index (χ3v) is 6.29. The van der Waals surface area contributed by atoms with E-state index in [9.17, 15) is 21.6 Å². The van der Waals surface area contributed by atoms with E-state index in [1.54, 1.807) is 18.2 Å². The van der Waals surface area contributed by atoms with Gasteiger partial charge in [0.2, 0.25) is 0 Å². The highest BCUT2D eigenvalue weighted by molar-refractivity contribution is 7.92. The quantitative estimate of drug-likeness (QED) is 0.447. The minimum Gasteiger partial charge on any atom is -0.495 e. The molecular weight excluding hydrogens is 443 g/mol. The summed E-state index contributed by atoms with van der Waals surface area (Å²) in [6, 6.07) is 12.0. The Morgan fingerprint density at radius 3 is 2.41 bits per heavy atom. The van der Waals surface area contributed by atoms with Crippen LogP contribution in [0.5, 0.6) is 5.75 Å². The molecule has 0 aliphatic heterocycles. The Balaban J connectivity index is 1.70. The molecule has 0 spiro atoms. The molecule has 0 unspecified atom stereocenters. The van der Waals surface area contributed by atoms with Gasteiger partial charge in [-0.25, -0.2) is 13.4 Å². The molecule has 6 nitrogen and oxygen atoms in total. The van der Waals surface area contributed by atoms with Crippen LogP contribution in [0, 0.1) is 6.92 Å². The molecule has 0 bridgehead atoms. The van der Waals surface area contributed by atoms with Crippen molar-refractivity contribution in [3.8, 4) is 17.0 Å². The summed E-state index contributed by atoms with van der Waals surface area (Å²) < 4.78 is 73.5. The van der Waals surface area contributed by atoms with Gasteiger partial charge in [-0.15, -0.1) is 0 Å². The number of rotatable bonds is 5. The second-order valence-corrected chi connectivity index (χ2v) is 8.77. The fourth-order valence-electron chi connectivity index (χ4n) is 3.27. The summed E-state index contributed by atoms with van der Waals surface area (Å²) in [4.78, 5) is 4.30. The highest BCUT2D eigenvalue weighted by atomic mass is 32.2. The van der Waals surface area contributed by atoms with Gasteiger partial charge in [-0.05, 0) is 61.0 Å². The summed E-state index contributed by atoms with van der Waals surface area (Å²) in [6.07, 6.45) is -0.880. The zero-order valence-electron chi connectivity index (χ0n) is 17.0. The lowest BCUT2D eigenvalue weighted by Gasteiger charge is -2.14. The average molecular weight is 461 g/mol. The van der Waals surface area contributed by atoms with Crippen LogP contribution in [0.4, 0.5) is 18.9 Å². The van der Waals surface area contributed by atoms with Gasteiger partial charge in [0, 0.05) is 18.0 Å². The van der Waals surface area contributed by atoms with Crippen molar-refractivity contribution >= 4 is 21.4 Å². The molecule has 4 rings (SSSR count). The van der Waals surface area contributed by atoms with E-state index in [0.717, 1.165) is 35.5 Å². The number of nitrogens with one attached hydrogen (secondary N) is 1. The zero-order valence-corrected chi connectivity index (χ0v) is 17.8. The maximum absolute atomic E-state index is 12.8. The lowest BCUT2D eigenvalue weighted by Crippen LogP contribution is -2.14. The Bertz CT molecular complexity index is 1400. The van der Waals surface area contributed by atoms with Gasteiger partial charge in [0.25, 0.3) is 10.0 Å². The highest BCUT2D eigenvalue weighted by Gasteiger charge is 2.30. The lowest BCUT2D eigenvalue weighted by atomic mass is 10.1. The molecule has 0 atom stereocenters. The van der Waals surface area contributed by atoms with Crippen LogP contribution in [0.2, 0.25) is 0 Å². The maximum atomic E-state index is 12.8. The Hall–Kier alpha value is -3.53. The number of nitrogens with zero attached hydrogens (tertiary/aromatic N) is 2. The van der Waals surface area contributed by atoms with E-state index in [1.807, 2.05) is 35.9 Å². The normalized spacial score (nSPS) is 12.2. The standard InChI is InChI=1S/C22H18F3N3O3S/c1-14-4-3-11-28-13-19(26-21(14)28)15-5-10-20(31-2)18(12-15)27-32(29,30)17-8-6-16(7-9-17)22(23,24)25/h3-13,27H,1-2H3. The molecule has 0 radical (unpaired) electrons. The second kappa shape index (κ2) is 7.86. The van der Waals surface area contributed by atoms with Crippen LogP contribution < -0.4 is 9.46 Å².